The zero-order valence-corrected chi connectivity index (χ0v) is 27.3. The standard InChI is InChI=1S/C44H28N6O/c1-4-14-29(15-5-1)37-28-38(46-40(45-37)30-16-6-2-7-17-30)34-22-12-20-32(26-34)33-21-13-23-35(27-33)42-48-41(31-18-8-3-9-19-31)49-43(50-42)44-47-36-24-10-11-25-39(36)51-44/h1-28H. The summed E-state index contributed by atoms with van der Waals surface area (Å²) in [7, 11) is 0. The SMILES string of the molecule is c1ccc(-c2cc(-c3cccc(-c4cccc(-c5nc(-c6ccccc6)nc(-c6nc7ccccc7o6)n5)c4)c3)nc(-c3ccccc3)n2)cc1. The number of rotatable bonds is 7. The van der Waals surface area contributed by atoms with Crippen molar-refractivity contribution in [2.75, 3.05) is 0 Å². The van der Waals surface area contributed by atoms with Crippen molar-refractivity contribution in [2.24, 2.45) is 0 Å². The molecule has 240 valence electrons. The Morgan fingerprint density at radius 1 is 0.294 bits per heavy atom. The molecule has 0 bridgehead atoms. The predicted molar refractivity (Wildman–Crippen MR) is 201 cm³/mol. The van der Waals surface area contributed by atoms with Crippen LogP contribution in [0.3, 0.4) is 0 Å². The Hall–Kier alpha value is -7.12. The van der Waals surface area contributed by atoms with E-state index < -0.39 is 0 Å². The van der Waals surface area contributed by atoms with E-state index in [0.29, 0.717) is 34.8 Å². The molecule has 0 fully saturated rings. The Bertz CT molecular complexity index is 2550. The van der Waals surface area contributed by atoms with Gasteiger partial charge in [0.15, 0.2) is 23.1 Å². The minimum absolute atomic E-state index is 0.343. The van der Waals surface area contributed by atoms with Crippen LogP contribution in [0.25, 0.3) is 90.6 Å². The maximum atomic E-state index is 6.08. The number of benzene rings is 6. The number of aromatic nitrogens is 6. The fourth-order valence-electron chi connectivity index (χ4n) is 6.05. The van der Waals surface area contributed by atoms with Gasteiger partial charge in [0.1, 0.15) is 5.52 Å². The average Bonchev–Trinajstić information content (AvgIpc) is 3.66. The summed E-state index contributed by atoms with van der Waals surface area (Å²) < 4.78 is 6.08. The first-order valence-corrected chi connectivity index (χ1v) is 16.6. The maximum Gasteiger partial charge on any atom is 0.266 e. The van der Waals surface area contributed by atoms with Gasteiger partial charge in [0.25, 0.3) is 5.89 Å². The van der Waals surface area contributed by atoms with E-state index in [9.17, 15) is 0 Å². The van der Waals surface area contributed by atoms with Crippen molar-refractivity contribution in [3.63, 3.8) is 0 Å². The summed E-state index contributed by atoms with van der Waals surface area (Å²) in [6, 6.07) is 56.5. The van der Waals surface area contributed by atoms with Crippen LogP contribution in [-0.4, -0.2) is 29.9 Å². The third-order valence-electron chi connectivity index (χ3n) is 8.59. The largest absolute Gasteiger partial charge is 0.434 e. The zero-order valence-electron chi connectivity index (χ0n) is 27.3. The molecular formula is C44H28N6O. The topological polar surface area (TPSA) is 90.5 Å². The van der Waals surface area contributed by atoms with Gasteiger partial charge in [0, 0.05) is 27.8 Å². The Balaban J connectivity index is 1.13. The lowest BCUT2D eigenvalue weighted by Crippen LogP contribution is -2.00. The number of para-hydroxylation sites is 2. The molecule has 0 amide bonds. The van der Waals surface area contributed by atoms with E-state index in [1.165, 1.54) is 0 Å². The number of hydrogen-bond acceptors (Lipinski definition) is 7. The Labute approximate surface area is 294 Å². The minimum atomic E-state index is 0.343. The van der Waals surface area contributed by atoms with Gasteiger partial charge < -0.3 is 4.42 Å². The van der Waals surface area contributed by atoms with Crippen LogP contribution in [0.4, 0.5) is 0 Å². The third kappa shape index (κ3) is 6.16. The minimum Gasteiger partial charge on any atom is -0.434 e. The van der Waals surface area contributed by atoms with Gasteiger partial charge in [-0.15, -0.1) is 0 Å². The van der Waals surface area contributed by atoms with Crippen LogP contribution in [0.1, 0.15) is 0 Å². The van der Waals surface area contributed by atoms with E-state index in [-0.39, 0.29) is 0 Å². The highest BCUT2D eigenvalue weighted by Gasteiger charge is 2.17. The van der Waals surface area contributed by atoms with Crippen molar-refractivity contribution in [1.29, 1.82) is 0 Å². The van der Waals surface area contributed by atoms with Gasteiger partial charge in [-0.2, -0.15) is 0 Å². The van der Waals surface area contributed by atoms with Gasteiger partial charge >= 0.3 is 0 Å². The first-order chi connectivity index (χ1) is 25.2. The van der Waals surface area contributed by atoms with E-state index in [1.54, 1.807) is 0 Å². The molecule has 0 saturated carbocycles. The molecule has 6 aromatic carbocycles. The van der Waals surface area contributed by atoms with Gasteiger partial charge in [0.2, 0.25) is 5.82 Å². The summed E-state index contributed by atoms with van der Waals surface area (Å²) in [6.07, 6.45) is 0. The van der Waals surface area contributed by atoms with Crippen molar-refractivity contribution in [3.8, 4) is 79.5 Å². The Morgan fingerprint density at radius 2 is 0.745 bits per heavy atom. The van der Waals surface area contributed by atoms with Crippen LogP contribution in [0.15, 0.2) is 174 Å². The molecule has 0 aliphatic rings. The van der Waals surface area contributed by atoms with Crippen LogP contribution in [0.5, 0.6) is 0 Å². The molecule has 51 heavy (non-hydrogen) atoms. The molecular weight excluding hydrogens is 629 g/mol. The highest BCUT2D eigenvalue weighted by molar-refractivity contribution is 5.79. The van der Waals surface area contributed by atoms with Gasteiger partial charge in [-0.25, -0.2) is 29.9 Å². The van der Waals surface area contributed by atoms with Gasteiger partial charge in [0.05, 0.1) is 11.4 Å². The molecule has 9 rings (SSSR count). The first-order valence-electron chi connectivity index (χ1n) is 16.6. The molecule has 7 nitrogen and oxygen atoms in total. The second-order valence-corrected chi connectivity index (χ2v) is 12.0. The van der Waals surface area contributed by atoms with Crippen LogP contribution < -0.4 is 0 Å². The molecule has 0 atom stereocenters. The highest BCUT2D eigenvalue weighted by atomic mass is 16.3. The second-order valence-electron chi connectivity index (χ2n) is 12.0. The van der Waals surface area contributed by atoms with Crippen molar-refractivity contribution >= 4 is 11.1 Å². The lowest BCUT2D eigenvalue weighted by molar-refractivity contribution is 0.612. The third-order valence-corrected chi connectivity index (χ3v) is 8.59. The normalized spacial score (nSPS) is 11.1. The smallest absolute Gasteiger partial charge is 0.266 e. The van der Waals surface area contributed by atoms with E-state index in [1.807, 2.05) is 115 Å². The number of fused-ring (bicyclic) bond motifs is 1. The van der Waals surface area contributed by atoms with Gasteiger partial charge in [-0.05, 0) is 41.5 Å². The quantitative estimate of drug-likeness (QED) is 0.169. The number of oxazole rings is 1. The van der Waals surface area contributed by atoms with Crippen LogP contribution in [0, 0.1) is 0 Å². The summed E-state index contributed by atoms with van der Waals surface area (Å²) >= 11 is 0. The van der Waals surface area contributed by atoms with E-state index in [4.69, 9.17) is 29.3 Å². The van der Waals surface area contributed by atoms with Crippen molar-refractivity contribution < 1.29 is 4.42 Å². The fraction of sp³-hybridized carbons (Fsp3) is 0. The fourth-order valence-corrected chi connectivity index (χ4v) is 6.05. The molecule has 0 aliphatic heterocycles. The molecule has 3 heterocycles. The molecule has 9 aromatic rings. The molecule has 0 spiro atoms. The monoisotopic (exact) mass is 656 g/mol. The summed E-state index contributed by atoms with van der Waals surface area (Å²) in [6.45, 7) is 0. The van der Waals surface area contributed by atoms with Crippen LogP contribution >= 0.6 is 0 Å². The molecule has 0 saturated heterocycles. The van der Waals surface area contributed by atoms with Crippen molar-refractivity contribution in [2.45, 2.75) is 0 Å². The Kier molecular flexibility index (Phi) is 7.68. The first kappa shape index (κ1) is 30.0. The van der Waals surface area contributed by atoms with E-state index in [0.717, 1.165) is 55.8 Å². The maximum absolute atomic E-state index is 6.08. The molecule has 3 aromatic heterocycles. The molecule has 7 heteroatoms. The van der Waals surface area contributed by atoms with E-state index in [2.05, 4.69) is 59.6 Å². The molecule has 0 radical (unpaired) electrons. The number of nitrogens with zero attached hydrogens (tertiary/aromatic N) is 6. The van der Waals surface area contributed by atoms with Crippen LogP contribution in [-0.2, 0) is 0 Å². The summed E-state index contributed by atoms with van der Waals surface area (Å²) in [4.78, 5) is 29.3. The molecule has 0 aliphatic carbocycles. The number of hydrogen-bond donors (Lipinski definition) is 0. The Morgan fingerprint density at radius 3 is 1.39 bits per heavy atom. The summed E-state index contributed by atoms with van der Waals surface area (Å²) in [5.41, 5.74) is 9.87. The lowest BCUT2D eigenvalue weighted by atomic mass is 9.99. The van der Waals surface area contributed by atoms with Crippen LogP contribution in [0.2, 0.25) is 0 Å². The summed E-state index contributed by atoms with van der Waals surface area (Å²) in [5.74, 6) is 2.45. The average molecular weight is 657 g/mol. The van der Waals surface area contributed by atoms with Crippen molar-refractivity contribution in [3.05, 3.63) is 170 Å². The predicted octanol–water partition coefficient (Wildman–Crippen LogP) is 10.5. The lowest BCUT2D eigenvalue weighted by Gasteiger charge is -2.11. The summed E-state index contributed by atoms with van der Waals surface area (Å²) in [5, 5.41) is 0. The zero-order chi connectivity index (χ0) is 34.0. The highest BCUT2D eigenvalue weighted by Crippen LogP contribution is 2.32. The van der Waals surface area contributed by atoms with E-state index >= 15 is 0 Å². The van der Waals surface area contributed by atoms with Gasteiger partial charge in [-0.3, -0.25) is 0 Å². The van der Waals surface area contributed by atoms with Gasteiger partial charge in [-0.1, -0.05) is 140 Å². The van der Waals surface area contributed by atoms with Crippen molar-refractivity contribution in [1.82, 2.24) is 29.9 Å². The molecule has 0 N–H and O–H groups in total. The second kappa shape index (κ2) is 13.1. The molecule has 0 unspecified atom stereocenters.